The van der Waals surface area contributed by atoms with Crippen LogP contribution in [0.2, 0.25) is 0 Å². The van der Waals surface area contributed by atoms with Crippen molar-refractivity contribution in [1.82, 2.24) is 4.90 Å². The molecular formula is C31H33NO6S. The van der Waals surface area contributed by atoms with Crippen molar-refractivity contribution in [1.29, 1.82) is 0 Å². The molecule has 0 saturated heterocycles. The molecule has 0 spiro atoms. The molecule has 0 fully saturated rings. The Labute approximate surface area is 233 Å². The Balaban J connectivity index is 1.41. The normalized spacial score (nSPS) is 14.5. The lowest BCUT2D eigenvalue weighted by Gasteiger charge is -2.22. The molecule has 1 aliphatic heterocycles. The monoisotopic (exact) mass is 547 g/mol. The second-order valence-corrected chi connectivity index (χ2v) is 10.1. The quantitative estimate of drug-likeness (QED) is 0.147. The van der Waals surface area contributed by atoms with Gasteiger partial charge in [-0.1, -0.05) is 12.1 Å². The number of nitrogens with zero attached hydrogens (tertiary/aromatic N) is 1. The van der Waals surface area contributed by atoms with Gasteiger partial charge in [-0.25, -0.2) is 0 Å². The maximum absolute atomic E-state index is 13.6. The number of aldehydes is 1. The fourth-order valence-electron chi connectivity index (χ4n) is 4.47. The van der Waals surface area contributed by atoms with Crippen LogP contribution in [0.4, 0.5) is 0 Å². The zero-order valence-corrected chi connectivity index (χ0v) is 23.5. The van der Waals surface area contributed by atoms with Gasteiger partial charge in [0.1, 0.15) is 6.29 Å². The third-order valence-corrected chi connectivity index (χ3v) is 7.60. The number of rotatable bonds is 12. The van der Waals surface area contributed by atoms with Gasteiger partial charge < -0.3 is 23.8 Å². The van der Waals surface area contributed by atoms with E-state index in [1.165, 1.54) is 0 Å². The molecule has 2 aromatic carbocycles. The Kier molecular flexibility index (Phi) is 9.09. The molecule has 0 N–H and O–H groups in total. The van der Waals surface area contributed by atoms with Crippen LogP contribution in [-0.4, -0.2) is 50.6 Å². The molecule has 0 radical (unpaired) electrons. The minimum Gasteiger partial charge on any atom is -0.493 e. The number of methoxy groups -OCH3 is 2. The summed E-state index contributed by atoms with van der Waals surface area (Å²) in [6, 6.07) is 11.0. The van der Waals surface area contributed by atoms with E-state index in [9.17, 15) is 9.59 Å². The highest BCUT2D eigenvalue weighted by molar-refractivity contribution is 7.11. The van der Waals surface area contributed by atoms with Gasteiger partial charge in [-0.15, -0.1) is 17.9 Å². The lowest BCUT2D eigenvalue weighted by molar-refractivity contribution is 0.0805. The van der Waals surface area contributed by atoms with E-state index in [1.54, 1.807) is 48.7 Å². The zero-order valence-electron chi connectivity index (χ0n) is 22.7. The molecule has 7 nitrogen and oxygen atoms in total. The summed E-state index contributed by atoms with van der Waals surface area (Å²) in [6.45, 7) is 8.46. The Morgan fingerprint density at radius 3 is 2.28 bits per heavy atom. The fraction of sp³-hybridized carbons (Fsp3) is 0.290. The highest BCUT2D eigenvalue weighted by Crippen LogP contribution is 2.36. The van der Waals surface area contributed by atoms with Gasteiger partial charge in [-0.3, -0.25) is 9.59 Å². The van der Waals surface area contributed by atoms with Gasteiger partial charge in [-0.05, 0) is 72.7 Å². The number of thiophene rings is 1. The summed E-state index contributed by atoms with van der Waals surface area (Å²) in [5.74, 6) is 2.03. The van der Waals surface area contributed by atoms with Crippen molar-refractivity contribution >= 4 is 29.1 Å². The Hall–Kier alpha value is -4.04. The number of hydrogen-bond acceptors (Lipinski definition) is 7. The van der Waals surface area contributed by atoms with Gasteiger partial charge in [0, 0.05) is 28.6 Å². The largest absolute Gasteiger partial charge is 0.493 e. The summed E-state index contributed by atoms with van der Waals surface area (Å²) in [5.41, 5.74) is 3.86. The summed E-state index contributed by atoms with van der Waals surface area (Å²) in [6.07, 6.45) is 5.88. The topological polar surface area (TPSA) is 74.3 Å². The van der Waals surface area contributed by atoms with Crippen LogP contribution in [-0.2, 0) is 0 Å². The Morgan fingerprint density at radius 2 is 1.69 bits per heavy atom. The average Bonchev–Trinajstić information content (AvgIpc) is 3.63. The van der Waals surface area contributed by atoms with Crippen molar-refractivity contribution in [2.45, 2.75) is 32.7 Å². The van der Waals surface area contributed by atoms with E-state index in [0.29, 0.717) is 53.8 Å². The van der Waals surface area contributed by atoms with Crippen molar-refractivity contribution in [2.24, 2.45) is 0 Å². The standard InChI is InChI=1S/C31H33NO6S/c1-6-24-15-22(30-9-7-12-39-30)18-32(24)31(34)25-17-27(36-5)29(14-21(25)3)38-11-8-10-37-28-13-20(2)23(19-33)16-26(28)35-4/h6-7,9,12-14,16-19,24H,1,8,10-11,15H2,2-5H3. The van der Waals surface area contributed by atoms with Crippen LogP contribution in [0.1, 0.15) is 49.6 Å². The maximum atomic E-state index is 13.6. The second kappa shape index (κ2) is 12.7. The number of benzene rings is 2. The molecule has 8 heteroatoms. The third-order valence-electron chi connectivity index (χ3n) is 6.65. The van der Waals surface area contributed by atoms with Gasteiger partial charge in [0.05, 0.1) is 33.5 Å². The van der Waals surface area contributed by atoms with E-state index in [-0.39, 0.29) is 11.9 Å². The average molecular weight is 548 g/mol. The van der Waals surface area contributed by atoms with Crippen molar-refractivity contribution in [3.05, 3.63) is 87.8 Å². The molecule has 3 aromatic rings. The van der Waals surface area contributed by atoms with Gasteiger partial charge in [0.2, 0.25) is 0 Å². The van der Waals surface area contributed by atoms with Gasteiger partial charge in [0.15, 0.2) is 23.0 Å². The highest BCUT2D eigenvalue weighted by atomic mass is 32.1. The predicted octanol–water partition coefficient (Wildman–Crippen LogP) is 6.48. The van der Waals surface area contributed by atoms with Crippen LogP contribution in [0.5, 0.6) is 23.0 Å². The first kappa shape index (κ1) is 28.0. The minimum atomic E-state index is -0.105. The molecule has 0 bridgehead atoms. The molecular weight excluding hydrogens is 514 g/mol. The van der Waals surface area contributed by atoms with Crippen molar-refractivity contribution in [3.63, 3.8) is 0 Å². The van der Waals surface area contributed by atoms with E-state index < -0.39 is 0 Å². The minimum absolute atomic E-state index is 0.104. The second-order valence-electron chi connectivity index (χ2n) is 9.20. The molecule has 0 aliphatic carbocycles. The first-order valence-electron chi connectivity index (χ1n) is 12.7. The summed E-state index contributed by atoms with van der Waals surface area (Å²) < 4.78 is 22.8. The van der Waals surface area contributed by atoms with Crippen LogP contribution >= 0.6 is 11.3 Å². The molecule has 39 heavy (non-hydrogen) atoms. The molecule has 1 unspecified atom stereocenters. The number of amides is 1. The summed E-state index contributed by atoms with van der Waals surface area (Å²) in [5, 5.41) is 2.04. The van der Waals surface area contributed by atoms with Gasteiger partial charge in [0.25, 0.3) is 5.91 Å². The van der Waals surface area contributed by atoms with Crippen molar-refractivity contribution in [3.8, 4) is 23.0 Å². The molecule has 1 amide bonds. The SMILES string of the molecule is C=CC1CC(c2cccs2)=CN1C(=O)c1cc(OC)c(OCCCOc2cc(C)c(C=O)cc2OC)cc1C. The van der Waals surface area contributed by atoms with E-state index in [2.05, 4.69) is 12.6 Å². The van der Waals surface area contributed by atoms with Crippen LogP contribution < -0.4 is 18.9 Å². The fourth-order valence-corrected chi connectivity index (χ4v) is 5.22. The molecule has 0 saturated carbocycles. The zero-order chi connectivity index (χ0) is 27.9. The number of carbonyl (C=O) groups excluding carboxylic acids is 2. The molecule has 1 atom stereocenters. The number of hydrogen-bond donors (Lipinski definition) is 0. The van der Waals surface area contributed by atoms with Crippen molar-refractivity contribution < 1.29 is 28.5 Å². The lowest BCUT2D eigenvalue weighted by Crippen LogP contribution is -2.31. The van der Waals surface area contributed by atoms with E-state index in [0.717, 1.165) is 34.3 Å². The first-order valence-corrected chi connectivity index (χ1v) is 13.6. The van der Waals surface area contributed by atoms with Crippen LogP contribution in [0.15, 0.2) is 60.6 Å². The van der Waals surface area contributed by atoms with E-state index in [4.69, 9.17) is 18.9 Å². The lowest BCUT2D eigenvalue weighted by atomic mass is 10.1. The van der Waals surface area contributed by atoms with E-state index >= 15 is 0 Å². The molecule has 204 valence electrons. The molecule has 1 aliphatic rings. The summed E-state index contributed by atoms with van der Waals surface area (Å²) in [4.78, 5) is 27.7. The molecule has 4 rings (SSSR count). The van der Waals surface area contributed by atoms with Gasteiger partial charge >= 0.3 is 0 Å². The number of carbonyl (C=O) groups is 2. The summed E-state index contributed by atoms with van der Waals surface area (Å²) >= 11 is 1.66. The smallest absolute Gasteiger partial charge is 0.258 e. The van der Waals surface area contributed by atoms with Crippen LogP contribution in [0, 0.1) is 13.8 Å². The van der Waals surface area contributed by atoms with Crippen LogP contribution in [0.25, 0.3) is 5.57 Å². The first-order chi connectivity index (χ1) is 18.9. The predicted molar refractivity (Wildman–Crippen MR) is 154 cm³/mol. The third kappa shape index (κ3) is 6.17. The van der Waals surface area contributed by atoms with Crippen LogP contribution in [0.3, 0.4) is 0 Å². The van der Waals surface area contributed by atoms with Crippen molar-refractivity contribution in [2.75, 3.05) is 27.4 Å². The highest BCUT2D eigenvalue weighted by Gasteiger charge is 2.30. The summed E-state index contributed by atoms with van der Waals surface area (Å²) in [7, 11) is 3.10. The molecule has 2 heterocycles. The maximum Gasteiger partial charge on any atom is 0.258 e. The Bertz CT molecular complexity index is 1380. The van der Waals surface area contributed by atoms with E-state index in [1.807, 2.05) is 43.6 Å². The molecule has 1 aromatic heterocycles. The number of aryl methyl sites for hydroxylation is 2. The number of ether oxygens (including phenoxy) is 4. The van der Waals surface area contributed by atoms with Gasteiger partial charge in [-0.2, -0.15) is 0 Å². The Morgan fingerprint density at radius 1 is 1.03 bits per heavy atom.